The second-order valence-corrected chi connectivity index (χ2v) is 10.1. The molecule has 0 fully saturated rings. The Morgan fingerprint density at radius 3 is 2.71 bits per heavy atom. The number of alkyl halides is 3. The van der Waals surface area contributed by atoms with E-state index in [1.54, 1.807) is 47.1 Å². The molecule has 0 spiro atoms. The number of nitrogens with one attached hydrogen (secondary N) is 1. The van der Waals surface area contributed by atoms with Crippen LogP contribution in [-0.4, -0.2) is 56.0 Å². The van der Waals surface area contributed by atoms with Crippen LogP contribution in [0.4, 0.5) is 19.1 Å². The average Bonchev–Trinajstić information content (AvgIpc) is 3.48. The number of nitrogen functional groups attached to an aromatic ring is 1. The third kappa shape index (κ3) is 6.79. The summed E-state index contributed by atoms with van der Waals surface area (Å²) in [6.45, 7) is -0.337. The van der Waals surface area contributed by atoms with E-state index in [2.05, 4.69) is 20.0 Å². The van der Waals surface area contributed by atoms with Gasteiger partial charge in [0.05, 0.1) is 19.0 Å². The zero-order valence-corrected chi connectivity index (χ0v) is 20.8. The third-order valence-electron chi connectivity index (χ3n) is 5.44. The van der Waals surface area contributed by atoms with Crippen molar-refractivity contribution in [3.8, 4) is 11.6 Å². The minimum absolute atomic E-state index is 0.0178. The van der Waals surface area contributed by atoms with Gasteiger partial charge in [0.15, 0.2) is 17.8 Å². The number of para-hydroxylation sites is 1. The van der Waals surface area contributed by atoms with Gasteiger partial charge in [-0.1, -0.05) is 30.4 Å². The van der Waals surface area contributed by atoms with E-state index in [0.29, 0.717) is 6.42 Å². The van der Waals surface area contributed by atoms with Crippen LogP contribution in [0.2, 0.25) is 0 Å². The molecule has 2 heterocycles. The van der Waals surface area contributed by atoms with E-state index in [1.807, 2.05) is 0 Å². The van der Waals surface area contributed by atoms with Gasteiger partial charge in [-0.3, -0.25) is 9.32 Å². The molecule has 2 aromatic heterocycles. The van der Waals surface area contributed by atoms with Crippen molar-refractivity contribution >= 4 is 30.8 Å². The van der Waals surface area contributed by atoms with E-state index in [9.17, 15) is 27.6 Å². The fourth-order valence-corrected chi connectivity index (χ4v) is 5.23. The summed E-state index contributed by atoms with van der Waals surface area (Å²) in [6.07, 6.45) is 0.845. The maximum absolute atomic E-state index is 13.4. The summed E-state index contributed by atoms with van der Waals surface area (Å²) in [5.74, 6) is -1.95. The summed E-state index contributed by atoms with van der Waals surface area (Å²) in [4.78, 5) is 23.2. The van der Waals surface area contributed by atoms with Gasteiger partial charge in [0.25, 0.3) is 0 Å². The lowest BCUT2D eigenvalue weighted by Gasteiger charge is -2.23. The Kier molecular flexibility index (Phi) is 7.90. The van der Waals surface area contributed by atoms with Crippen molar-refractivity contribution in [3.05, 3.63) is 48.8 Å². The number of carboxylic acids is 1. The summed E-state index contributed by atoms with van der Waals surface area (Å²) in [6, 6.07) is 6.62. The van der Waals surface area contributed by atoms with Crippen molar-refractivity contribution in [2.24, 2.45) is 5.92 Å². The minimum Gasteiger partial charge on any atom is -0.480 e. The molecule has 0 saturated heterocycles. The zero-order valence-electron chi connectivity index (χ0n) is 19.9. The number of nitrogens with two attached hydrogens (primary N) is 1. The highest BCUT2D eigenvalue weighted by molar-refractivity contribution is 7.52. The Labute approximate surface area is 214 Å². The predicted molar refractivity (Wildman–Crippen MR) is 128 cm³/mol. The molecule has 38 heavy (non-hydrogen) atoms. The minimum atomic E-state index is -4.57. The molecular formula is C22H24F3N6O6P. The van der Waals surface area contributed by atoms with E-state index >= 15 is 0 Å². The fraction of sp³-hybridized carbons (Fsp3) is 0.364. The molecule has 1 aromatic carbocycles. The number of halogens is 3. The number of carbonyl (C=O) groups is 1. The number of nitrogens with zero attached hydrogens (tertiary/aromatic N) is 4. The average molecular weight is 556 g/mol. The van der Waals surface area contributed by atoms with Gasteiger partial charge >= 0.3 is 19.9 Å². The van der Waals surface area contributed by atoms with Gasteiger partial charge in [-0.25, -0.2) is 9.55 Å². The second kappa shape index (κ2) is 11.0. The number of carboxylic acid groups (broad SMARTS) is 1. The van der Waals surface area contributed by atoms with Crippen molar-refractivity contribution in [2.75, 3.05) is 18.9 Å². The van der Waals surface area contributed by atoms with Gasteiger partial charge in [0, 0.05) is 5.92 Å². The first-order valence-corrected chi connectivity index (χ1v) is 12.8. The molecule has 0 aliphatic heterocycles. The molecule has 4 N–H and O–H groups in total. The molecule has 4 atom stereocenters. The monoisotopic (exact) mass is 556 g/mol. The number of hydrogen-bond donors (Lipinski definition) is 3. The molecule has 1 aliphatic rings. The molecule has 0 radical (unpaired) electrons. The van der Waals surface area contributed by atoms with Crippen molar-refractivity contribution < 1.29 is 41.4 Å². The maximum Gasteiger partial charge on any atom is 0.459 e. The SMILES string of the molecule is CC(N[P@@](=O)(OC[C@@H]1C=C[C@H](n2cnc3c(OCC(F)(F)F)nc(N)nc32)C1)Oc1ccccc1)C(=O)O. The van der Waals surface area contributed by atoms with Gasteiger partial charge < -0.3 is 24.7 Å². The van der Waals surface area contributed by atoms with Crippen LogP contribution in [0.25, 0.3) is 11.2 Å². The van der Waals surface area contributed by atoms with Crippen molar-refractivity contribution in [1.29, 1.82) is 0 Å². The molecular weight excluding hydrogens is 532 g/mol. The number of rotatable bonds is 11. The zero-order chi connectivity index (χ0) is 27.5. The van der Waals surface area contributed by atoms with Crippen LogP contribution in [0, 0.1) is 5.92 Å². The molecule has 0 amide bonds. The first-order valence-electron chi connectivity index (χ1n) is 11.3. The number of aromatic nitrogens is 4. The lowest BCUT2D eigenvalue weighted by molar-refractivity contribution is -0.153. The predicted octanol–water partition coefficient (Wildman–Crippen LogP) is 3.73. The van der Waals surface area contributed by atoms with Crippen LogP contribution in [0.15, 0.2) is 48.8 Å². The van der Waals surface area contributed by atoms with E-state index in [1.165, 1.54) is 13.3 Å². The largest absolute Gasteiger partial charge is 0.480 e. The number of fused-ring (bicyclic) bond motifs is 1. The highest BCUT2D eigenvalue weighted by Gasteiger charge is 2.34. The van der Waals surface area contributed by atoms with E-state index < -0.39 is 32.5 Å². The standard InChI is InChI=1S/C22H24F3N6O6P/c1-13(20(32)33)30-38(34,37-16-5-3-2-4-6-16)36-10-14-7-8-15(9-14)31-12-27-17-18(31)28-21(26)29-19(17)35-11-22(23,24)25/h2-8,12-15H,9-11H2,1H3,(H,30,34)(H,32,33)(H2,26,28,29)/t13?,14-,15+,38-/m1/s1. The lowest BCUT2D eigenvalue weighted by atomic mass is 10.1. The molecule has 16 heteroatoms. The normalized spacial score (nSPS) is 19.8. The van der Waals surface area contributed by atoms with Crippen LogP contribution in [0.5, 0.6) is 11.6 Å². The van der Waals surface area contributed by atoms with Crippen molar-refractivity contribution in [1.82, 2.24) is 24.6 Å². The number of anilines is 1. The Morgan fingerprint density at radius 2 is 2.03 bits per heavy atom. The highest BCUT2D eigenvalue weighted by Crippen LogP contribution is 2.46. The van der Waals surface area contributed by atoms with Crippen LogP contribution in [0.3, 0.4) is 0 Å². The van der Waals surface area contributed by atoms with Gasteiger partial charge in [0.2, 0.25) is 11.8 Å². The van der Waals surface area contributed by atoms with Gasteiger partial charge in [-0.05, 0) is 25.5 Å². The molecule has 1 unspecified atom stereocenters. The fourth-order valence-electron chi connectivity index (χ4n) is 3.68. The molecule has 204 valence electrons. The van der Waals surface area contributed by atoms with Crippen molar-refractivity contribution in [3.63, 3.8) is 0 Å². The first kappa shape index (κ1) is 27.4. The number of allylic oxidation sites excluding steroid dienone is 1. The van der Waals surface area contributed by atoms with Gasteiger partial charge in [0.1, 0.15) is 11.8 Å². The Hall–Kier alpha value is -3.68. The van der Waals surface area contributed by atoms with Gasteiger partial charge in [-0.15, -0.1) is 0 Å². The Balaban J connectivity index is 1.46. The molecule has 0 bridgehead atoms. The number of aliphatic carboxylic acids is 1. The number of imidazole rings is 1. The van der Waals surface area contributed by atoms with Crippen LogP contribution in [-0.2, 0) is 13.9 Å². The van der Waals surface area contributed by atoms with E-state index in [0.717, 1.165) is 0 Å². The summed E-state index contributed by atoms with van der Waals surface area (Å²) in [7, 11) is -4.09. The summed E-state index contributed by atoms with van der Waals surface area (Å²) in [5.41, 5.74) is 5.88. The molecule has 3 aromatic rings. The molecule has 1 aliphatic carbocycles. The van der Waals surface area contributed by atoms with Crippen LogP contribution in [0.1, 0.15) is 19.4 Å². The smallest absolute Gasteiger partial charge is 0.459 e. The summed E-state index contributed by atoms with van der Waals surface area (Å²) >= 11 is 0. The Bertz CT molecular complexity index is 1370. The number of benzene rings is 1. The van der Waals surface area contributed by atoms with E-state index in [-0.39, 0.29) is 47.3 Å². The second-order valence-electron chi connectivity index (χ2n) is 8.45. The summed E-state index contributed by atoms with van der Waals surface area (Å²) in [5, 5.41) is 11.6. The quantitative estimate of drug-likeness (QED) is 0.233. The third-order valence-corrected chi connectivity index (χ3v) is 7.08. The van der Waals surface area contributed by atoms with Gasteiger partial charge in [-0.2, -0.15) is 28.2 Å². The lowest BCUT2D eigenvalue weighted by Crippen LogP contribution is -2.33. The molecule has 0 saturated carbocycles. The Morgan fingerprint density at radius 1 is 1.29 bits per heavy atom. The topological polar surface area (TPSA) is 164 Å². The molecule has 4 rings (SSSR count). The van der Waals surface area contributed by atoms with Crippen LogP contribution < -0.4 is 20.1 Å². The van der Waals surface area contributed by atoms with Crippen molar-refractivity contribution in [2.45, 2.75) is 31.6 Å². The van der Waals surface area contributed by atoms with E-state index in [4.69, 9.17) is 19.5 Å². The number of ether oxygens (including phenoxy) is 1. The number of hydrogen-bond acceptors (Lipinski definition) is 9. The molecule has 12 nitrogen and oxygen atoms in total. The first-order chi connectivity index (χ1) is 17.9. The highest BCUT2D eigenvalue weighted by atomic mass is 31.2. The summed E-state index contributed by atoms with van der Waals surface area (Å²) < 4.78 is 68.7. The van der Waals surface area contributed by atoms with Crippen LogP contribution >= 0.6 is 7.75 Å². The maximum atomic E-state index is 13.4.